The third-order valence-corrected chi connectivity index (χ3v) is 5.26. The van der Waals surface area contributed by atoms with E-state index in [1.807, 2.05) is 12.1 Å². The highest BCUT2D eigenvalue weighted by Gasteiger charge is 2.25. The van der Waals surface area contributed by atoms with Crippen molar-refractivity contribution in [2.45, 2.75) is 43.3 Å². The number of rotatable bonds is 5. The van der Waals surface area contributed by atoms with E-state index in [1.54, 1.807) is 19.1 Å². The molecule has 0 aliphatic rings. The molecule has 0 amide bonds. The van der Waals surface area contributed by atoms with E-state index in [4.69, 9.17) is 5.11 Å². The number of aliphatic hydroxyl groups is 1. The molecule has 0 aliphatic heterocycles. The molecule has 4 heteroatoms. The molecule has 1 aromatic rings. The van der Waals surface area contributed by atoms with Crippen LogP contribution in [0.4, 0.5) is 0 Å². The van der Waals surface area contributed by atoms with Gasteiger partial charge in [-0.3, -0.25) is 0 Å². The molecule has 1 rings (SSSR count). The molecule has 0 aliphatic carbocycles. The maximum atomic E-state index is 12.1. The summed E-state index contributed by atoms with van der Waals surface area (Å²) in [6.45, 7) is 5.56. The Hall–Kier alpha value is -0.870. The van der Waals surface area contributed by atoms with Crippen LogP contribution in [0.5, 0.6) is 0 Å². The molecule has 0 saturated carbocycles. The Bertz CT molecular complexity index is 442. The topological polar surface area (TPSA) is 54.4 Å². The standard InChI is InChI=1S/C13H20O3S/c1-4-12(9-14)17(15,16)13-7-5-11(6-8-13)10(2)3/h5-8,10,12,14H,4,9H2,1-3H3. The normalized spacial score (nSPS) is 13.9. The lowest BCUT2D eigenvalue weighted by atomic mass is 10.0. The molecule has 1 atom stereocenters. The molecule has 0 spiro atoms. The van der Waals surface area contributed by atoms with Gasteiger partial charge in [0.1, 0.15) is 0 Å². The molecular formula is C13H20O3S. The quantitative estimate of drug-likeness (QED) is 0.880. The molecule has 0 radical (unpaired) electrons. The molecular weight excluding hydrogens is 236 g/mol. The molecule has 0 fully saturated rings. The Morgan fingerprint density at radius 3 is 2.06 bits per heavy atom. The van der Waals surface area contributed by atoms with Crippen molar-refractivity contribution in [2.75, 3.05) is 6.61 Å². The van der Waals surface area contributed by atoms with E-state index in [0.29, 0.717) is 17.2 Å². The molecule has 1 aromatic carbocycles. The fraction of sp³-hybridized carbons (Fsp3) is 0.538. The van der Waals surface area contributed by atoms with E-state index in [-0.39, 0.29) is 6.61 Å². The number of hydrogen-bond acceptors (Lipinski definition) is 3. The van der Waals surface area contributed by atoms with Gasteiger partial charge in [-0.05, 0) is 30.0 Å². The second-order valence-electron chi connectivity index (χ2n) is 4.48. The van der Waals surface area contributed by atoms with Gasteiger partial charge in [-0.15, -0.1) is 0 Å². The van der Waals surface area contributed by atoms with Gasteiger partial charge in [-0.2, -0.15) is 0 Å². The van der Waals surface area contributed by atoms with E-state index in [0.717, 1.165) is 5.56 Å². The zero-order chi connectivity index (χ0) is 13.1. The molecule has 1 N–H and O–H groups in total. The number of hydrogen-bond donors (Lipinski definition) is 1. The van der Waals surface area contributed by atoms with Crippen molar-refractivity contribution in [3.8, 4) is 0 Å². The van der Waals surface area contributed by atoms with Crippen molar-refractivity contribution in [3.63, 3.8) is 0 Å². The molecule has 3 nitrogen and oxygen atoms in total. The lowest BCUT2D eigenvalue weighted by molar-refractivity contribution is 0.287. The van der Waals surface area contributed by atoms with Crippen LogP contribution in [-0.4, -0.2) is 25.4 Å². The minimum absolute atomic E-state index is 0.294. The zero-order valence-electron chi connectivity index (χ0n) is 10.6. The zero-order valence-corrected chi connectivity index (χ0v) is 11.4. The van der Waals surface area contributed by atoms with Crippen LogP contribution in [0.1, 0.15) is 38.7 Å². The van der Waals surface area contributed by atoms with Crippen LogP contribution in [0.15, 0.2) is 29.2 Å². The Morgan fingerprint density at radius 1 is 1.18 bits per heavy atom. The highest BCUT2D eigenvalue weighted by Crippen LogP contribution is 2.21. The first-order valence-electron chi connectivity index (χ1n) is 5.88. The fourth-order valence-electron chi connectivity index (χ4n) is 1.68. The highest BCUT2D eigenvalue weighted by molar-refractivity contribution is 7.92. The van der Waals surface area contributed by atoms with Crippen molar-refractivity contribution in [2.24, 2.45) is 0 Å². The summed E-state index contributed by atoms with van der Waals surface area (Å²) in [5.41, 5.74) is 1.11. The number of sulfone groups is 1. The van der Waals surface area contributed by atoms with Gasteiger partial charge < -0.3 is 5.11 Å². The minimum atomic E-state index is -3.39. The predicted molar refractivity (Wildman–Crippen MR) is 68.9 cm³/mol. The summed E-state index contributed by atoms with van der Waals surface area (Å²) in [4.78, 5) is 0.294. The van der Waals surface area contributed by atoms with E-state index < -0.39 is 15.1 Å². The van der Waals surface area contributed by atoms with Crippen molar-refractivity contribution >= 4 is 9.84 Å². The number of aliphatic hydroxyl groups excluding tert-OH is 1. The SMILES string of the molecule is CCC(CO)S(=O)(=O)c1ccc(C(C)C)cc1. The summed E-state index contributed by atoms with van der Waals surface area (Å²) >= 11 is 0. The average molecular weight is 256 g/mol. The van der Waals surface area contributed by atoms with Gasteiger partial charge in [0, 0.05) is 0 Å². The molecule has 96 valence electrons. The highest BCUT2D eigenvalue weighted by atomic mass is 32.2. The van der Waals surface area contributed by atoms with Crippen LogP contribution in [0, 0.1) is 0 Å². The van der Waals surface area contributed by atoms with Crippen molar-refractivity contribution in [1.29, 1.82) is 0 Å². The van der Waals surface area contributed by atoms with E-state index in [2.05, 4.69) is 13.8 Å². The second kappa shape index (κ2) is 5.65. The van der Waals surface area contributed by atoms with E-state index >= 15 is 0 Å². The van der Waals surface area contributed by atoms with Crippen LogP contribution in [-0.2, 0) is 9.84 Å². The first kappa shape index (κ1) is 14.2. The molecule has 0 heterocycles. The third kappa shape index (κ3) is 3.07. The predicted octanol–water partition coefficient (Wildman–Crippen LogP) is 2.35. The van der Waals surface area contributed by atoms with Crippen LogP contribution in [0.25, 0.3) is 0 Å². The van der Waals surface area contributed by atoms with Gasteiger partial charge in [-0.1, -0.05) is 32.9 Å². The first-order chi connectivity index (χ1) is 7.93. The minimum Gasteiger partial charge on any atom is -0.395 e. The molecule has 17 heavy (non-hydrogen) atoms. The van der Waals surface area contributed by atoms with Crippen molar-refractivity contribution < 1.29 is 13.5 Å². The second-order valence-corrected chi connectivity index (χ2v) is 6.71. The van der Waals surface area contributed by atoms with Gasteiger partial charge in [-0.25, -0.2) is 8.42 Å². The van der Waals surface area contributed by atoms with Crippen LogP contribution >= 0.6 is 0 Å². The maximum absolute atomic E-state index is 12.1. The van der Waals surface area contributed by atoms with Gasteiger partial charge in [0.25, 0.3) is 0 Å². The Kier molecular flexibility index (Phi) is 4.71. The lowest BCUT2D eigenvalue weighted by Crippen LogP contribution is -2.24. The Morgan fingerprint density at radius 2 is 1.71 bits per heavy atom. The lowest BCUT2D eigenvalue weighted by Gasteiger charge is -2.14. The first-order valence-corrected chi connectivity index (χ1v) is 7.42. The average Bonchev–Trinajstić information content (AvgIpc) is 2.30. The summed E-state index contributed by atoms with van der Waals surface area (Å²) in [6, 6.07) is 6.93. The fourth-order valence-corrected chi connectivity index (χ4v) is 3.22. The van der Waals surface area contributed by atoms with Crippen molar-refractivity contribution in [3.05, 3.63) is 29.8 Å². The summed E-state index contributed by atoms with van der Waals surface area (Å²) in [7, 11) is -3.39. The molecule has 0 saturated heterocycles. The smallest absolute Gasteiger partial charge is 0.183 e. The van der Waals surface area contributed by atoms with Crippen LogP contribution in [0.3, 0.4) is 0 Å². The summed E-state index contributed by atoms with van der Waals surface area (Å²) < 4.78 is 24.2. The third-order valence-electron chi connectivity index (χ3n) is 2.97. The summed E-state index contributed by atoms with van der Waals surface area (Å²) in [6.07, 6.45) is 0.421. The van der Waals surface area contributed by atoms with Gasteiger partial charge in [0.2, 0.25) is 0 Å². The van der Waals surface area contributed by atoms with Crippen molar-refractivity contribution in [1.82, 2.24) is 0 Å². The van der Waals surface area contributed by atoms with Crippen LogP contribution in [0.2, 0.25) is 0 Å². The molecule has 0 aromatic heterocycles. The van der Waals surface area contributed by atoms with Crippen LogP contribution < -0.4 is 0 Å². The Labute approximate surface area is 103 Å². The maximum Gasteiger partial charge on any atom is 0.183 e. The Balaban J connectivity index is 3.08. The van der Waals surface area contributed by atoms with E-state index in [9.17, 15) is 8.42 Å². The summed E-state index contributed by atoms with van der Waals surface area (Å²) in [5, 5.41) is 8.39. The summed E-state index contributed by atoms with van der Waals surface area (Å²) in [5.74, 6) is 0.381. The number of benzene rings is 1. The molecule has 1 unspecified atom stereocenters. The molecule has 0 bridgehead atoms. The largest absolute Gasteiger partial charge is 0.395 e. The monoisotopic (exact) mass is 256 g/mol. The van der Waals surface area contributed by atoms with Gasteiger partial charge in [0.05, 0.1) is 16.8 Å². The van der Waals surface area contributed by atoms with Gasteiger partial charge >= 0.3 is 0 Å². The van der Waals surface area contributed by atoms with Gasteiger partial charge in [0.15, 0.2) is 9.84 Å². The van der Waals surface area contributed by atoms with E-state index in [1.165, 1.54) is 0 Å².